The van der Waals surface area contributed by atoms with E-state index in [0.717, 1.165) is 36.1 Å². The fraction of sp³-hybridized carbons (Fsp3) is 0.209. The molecule has 7 rings (SSSR count). The number of carbonyl (C=O) groups is 3. The molecule has 1 aliphatic heterocycles. The van der Waals surface area contributed by atoms with Gasteiger partial charge in [-0.15, -0.1) is 0 Å². The molecule has 0 aliphatic carbocycles. The summed E-state index contributed by atoms with van der Waals surface area (Å²) < 4.78 is 39.0. The number of nitrogens with two attached hydrogens (primary N) is 1. The molecule has 2 aromatic heterocycles. The Hall–Kier alpha value is -7.18. The number of piperidine rings is 1. The molecule has 1 fully saturated rings. The Morgan fingerprint density at radius 2 is 1.49 bits per heavy atom. The number of likely N-dealkylation sites (tertiary alicyclic amines) is 1. The molecule has 61 heavy (non-hydrogen) atoms. The molecular weight excluding hydrogens is 789 g/mol. The summed E-state index contributed by atoms with van der Waals surface area (Å²) in [7, 11) is 1.25. The van der Waals surface area contributed by atoms with Gasteiger partial charge in [-0.05, 0) is 78.0 Å². The molecule has 6 N–H and O–H groups in total. The van der Waals surface area contributed by atoms with E-state index in [0.29, 0.717) is 46.7 Å². The molecule has 314 valence electrons. The van der Waals surface area contributed by atoms with Gasteiger partial charge in [0, 0.05) is 31.7 Å². The van der Waals surface area contributed by atoms with Crippen LogP contribution in [-0.4, -0.2) is 86.8 Å². The number of hydrogen-bond acceptors (Lipinski definition) is 11. The van der Waals surface area contributed by atoms with Crippen molar-refractivity contribution in [2.75, 3.05) is 33.0 Å². The first-order valence-corrected chi connectivity index (χ1v) is 19.1. The van der Waals surface area contributed by atoms with E-state index in [1.165, 1.54) is 50.9 Å². The van der Waals surface area contributed by atoms with Crippen LogP contribution in [0.3, 0.4) is 0 Å². The summed E-state index contributed by atoms with van der Waals surface area (Å²) in [5.74, 6) is -1.25. The summed E-state index contributed by atoms with van der Waals surface area (Å²) >= 11 is 0. The lowest BCUT2D eigenvalue weighted by molar-refractivity contribution is -0.127. The van der Waals surface area contributed by atoms with Crippen LogP contribution in [-0.2, 0) is 17.9 Å². The Balaban J connectivity index is 0.000000240. The zero-order chi connectivity index (χ0) is 43.6. The molecule has 1 saturated heterocycles. The third-order valence-corrected chi connectivity index (χ3v) is 9.91. The van der Waals surface area contributed by atoms with Crippen molar-refractivity contribution in [3.05, 3.63) is 138 Å². The van der Waals surface area contributed by atoms with Gasteiger partial charge in [-0.2, -0.15) is 5.10 Å². The van der Waals surface area contributed by atoms with Crippen LogP contribution in [0, 0.1) is 11.6 Å². The summed E-state index contributed by atoms with van der Waals surface area (Å²) in [6.07, 6.45) is 4.38. The Morgan fingerprint density at radius 1 is 0.885 bits per heavy atom. The zero-order valence-electron chi connectivity index (χ0n) is 33.3. The molecule has 3 heterocycles. The molecule has 1 atom stereocenters. The molecule has 6 aromatic rings. The Kier molecular flexibility index (Phi) is 14.0. The van der Waals surface area contributed by atoms with E-state index in [1.54, 1.807) is 29.2 Å². The number of methoxy groups -OCH3 is 2. The van der Waals surface area contributed by atoms with Crippen molar-refractivity contribution in [1.29, 1.82) is 0 Å². The van der Waals surface area contributed by atoms with Crippen LogP contribution in [0.1, 0.15) is 50.7 Å². The van der Waals surface area contributed by atoms with E-state index in [4.69, 9.17) is 30.4 Å². The van der Waals surface area contributed by atoms with Crippen LogP contribution in [0.25, 0.3) is 22.3 Å². The van der Waals surface area contributed by atoms with E-state index in [1.807, 2.05) is 28.9 Å². The van der Waals surface area contributed by atoms with Gasteiger partial charge >= 0.3 is 7.12 Å². The third-order valence-electron chi connectivity index (χ3n) is 9.91. The number of nitrogens with one attached hydrogen (secondary N) is 2. The van der Waals surface area contributed by atoms with E-state index in [2.05, 4.69) is 27.2 Å². The van der Waals surface area contributed by atoms with Crippen LogP contribution in [0.4, 0.5) is 14.6 Å². The van der Waals surface area contributed by atoms with Gasteiger partial charge in [-0.3, -0.25) is 14.4 Å². The number of nitrogens with zero attached hydrogens (tertiary/aromatic N) is 5. The summed E-state index contributed by atoms with van der Waals surface area (Å²) in [5.41, 5.74) is 10.3. The van der Waals surface area contributed by atoms with Gasteiger partial charge in [-0.25, -0.2) is 23.4 Å². The lowest BCUT2D eigenvalue weighted by atomic mass is 9.79. The average molecular weight is 833 g/mol. The zero-order valence-corrected chi connectivity index (χ0v) is 33.3. The number of benzene rings is 4. The maximum absolute atomic E-state index is 13.7. The number of anilines is 1. The predicted molar refractivity (Wildman–Crippen MR) is 225 cm³/mol. The van der Waals surface area contributed by atoms with E-state index in [9.17, 15) is 23.2 Å². The van der Waals surface area contributed by atoms with Crippen molar-refractivity contribution in [3.8, 4) is 22.8 Å². The minimum absolute atomic E-state index is 0.0862. The van der Waals surface area contributed by atoms with Gasteiger partial charge in [-0.1, -0.05) is 49.0 Å². The molecule has 3 amide bonds. The minimum atomic E-state index is -1.57. The van der Waals surface area contributed by atoms with Crippen LogP contribution >= 0.6 is 0 Å². The number of halogens is 2. The first-order chi connectivity index (χ1) is 29.4. The quantitative estimate of drug-likeness (QED) is 0.0882. The van der Waals surface area contributed by atoms with E-state index >= 15 is 0 Å². The van der Waals surface area contributed by atoms with Gasteiger partial charge in [0.1, 0.15) is 41.0 Å². The SMILES string of the molecule is C=CC(=O)N1CCC[C@@H](n2nc(-c3cccc(CNC(=O)c4cc(F)ccc4OC)c3)c3c(N)ncnc32)C1.COc1ccc(F)cc1C(=O)NCc1cccc(B(O)O)c1. The predicted octanol–water partition coefficient (Wildman–Crippen LogP) is 3.95. The maximum atomic E-state index is 13.7. The maximum Gasteiger partial charge on any atom is 0.488 e. The van der Waals surface area contributed by atoms with E-state index in [-0.39, 0.29) is 47.7 Å². The molecule has 15 nitrogen and oxygen atoms in total. The number of rotatable bonds is 12. The molecule has 0 spiro atoms. The number of ether oxygens (including phenoxy) is 2. The van der Waals surface area contributed by atoms with Gasteiger partial charge in [0.2, 0.25) is 5.91 Å². The van der Waals surface area contributed by atoms with Gasteiger partial charge < -0.3 is 40.8 Å². The second-order valence-corrected chi connectivity index (χ2v) is 13.9. The highest BCUT2D eigenvalue weighted by atomic mass is 19.1. The lowest BCUT2D eigenvalue weighted by Crippen LogP contribution is -2.40. The number of amides is 3. The van der Waals surface area contributed by atoms with Crippen LogP contribution in [0.2, 0.25) is 0 Å². The molecule has 0 bridgehead atoms. The van der Waals surface area contributed by atoms with Gasteiger partial charge in [0.05, 0.1) is 36.8 Å². The number of carbonyl (C=O) groups excluding carboxylic acids is 3. The molecule has 0 unspecified atom stereocenters. The van der Waals surface area contributed by atoms with E-state index < -0.39 is 30.6 Å². The summed E-state index contributed by atoms with van der Waals surface area (Å²) in [6.45, 7) is 5.11. The van der Waals surface area contributed by atoms with Crippen molar-refractivity contribution in [2.45, 2.75) is 32.0 Å². The van der Waals surface area contributed by atoms with Gasteiger partial charge in [0.15, 0.2) is 5.65 Å². The monoisotopic (exact) mass is 832 g/mol. The Bertz CT molecular complexity index is 2570. The second-order valence-electron chi connectivity index (χ2n) is 13.9. The number of fused-ring (bicyclic) bond motifs is 1. The first-order valence-electron chi connectivity index (χ1n) is 19.1. The molecular formula is C43H43BF2N8O7. The average Bonchev–Trinajstić information content (AvgIpc) is 3.68. The highest BCUT2D eigenvalue weighted by molar-refractivity contribution is 6.58. The Morgan fingerprint density at radius 3 is 2.08 bits per heavy atom. The van der Waals surface area contributed by atoms with Crippen LogP contribution in [0.15, 0.2) is 104 Å². The first kappa shape index (κ1) is 43.4. The number of hydrogen-bond donors (Lipinski definition) is 5. The topological polar surface area (TPSA) is 207 Å². The fourth-order valence-corrected chi connectivity index (χ4v) is 6.90. The molecule has 4 aromatic carbocycles. The van der Waals surface area contributed by atoms with Crippen molar-refractivity contribution in [2.24, 2.45) is 0 Å². The summed E-state index contributed by atoms with van der Waals surface area (Å²) in [5, 5.41) is 29.2. The standard InChI is InChI=1S/C28H28FN7O3.C15H15BFNO4/c1-3-23(37)35-11-5-8-20(15-35)36-27-24(26(30)32-16-33-27)25(34-36)18-7-4-6-17(12-18)14-31-28(38)21-13-19(29)9-10-22(21)39-2;1-22-14-6-5-12(17)8-13(14)15(19)18-9-10-3-2-4-11(7-10)16(20)21/h3-4,6-7,9-10,12-13,16,20H,1,5,8,11,14-15H2,2H3,(H,31,38)(H2,30,32,33);2-8,20-21H,9H2,1H3,(H,18,19)/t20-;/m1./s1. The summed E-state index contributed by atoms with van der Waals surface area (Å²) in [4.78, 5) is 47.5. The van der Waals surface area contributed by atoms with Crippen LogP contribution < -0.4 is 31.3 Å². The summed E-state index contributed by atoms with van der Waals surface area (Å²) in [6, 6.07) is 21.4. The largest absolute Gasteiger partial charge is 0.496 e. The number of nitrogen functional groups attached to an aromatic ring is 1. The Labute approximate surface area is 350 Å². The highest BCUT2D eigenvalue weighted by Crippen LogP contribution is 2.34. The van der Waals surface area contributed by atoms with Crippen molar-refractivity contribution in [1.82, 2.24) is 35.3 Å². The second kappa shape index (κ2) is 19.7. The van der Waals surface area contributed by atoms with Crippen molar-refractivity contribution in [3.63, 3.8) is 0 Å². The molecule has 18 heteroatoms. The van der Waals surface area contributed by atoms with Crippen molar-refractivity contribution < 1.29 is 42.7 Å². The third kappa shape index (κ3) is 10.3. The van der Waals surface area contributed by atoms with Gasteiger partial charge in [0.25, 0.3) is 11.8 Å². The van der Waals surface area contributed by atoms with Crippen molar-refractivity contribution >= 4 is 47.2 Å². The fourth-order valence-electron chi connectivity index (χ4n) is 6.90. The minimum Gasteiger partial charge on any atom is -0.496 e. The lowest BCUT2D eigenvalue weighted by Gasteiger charge is -2.32. The molecule has 0 radical (unpaired) electrons. The molecule has 0 saturated carbocycles. The molecule has 1 aliphatic rings. The number of aromatic nitrogens is 4. The van der Waals surface area contributed by atoms with Crippen LogP contribution in [0.5, 0.6) is 11.5 Å². The smallest absolute Gasteiger partial charge is 0.488 e. The highest BCUT2D eigenvalue weighted by Gasteiger charge is 2.28. The normalized spacial score (nSPS) is 13.4.